The summed E-state index contributed by atoms with van der Waals surface area (Å²) in [4.78, 5) is 40.0. The third kappa shape index (κ3) is 3.80. The third-order valence-electron chi connectivity index (χ3n) is 5.32. The first-order valence-electron chi connectivity index (χ1n) is 9.79. The van der Waals surface area contributed by atoms with Crippen LogP contribution in [0.1, 0.15) is 43.0 Å². The Morgan fingerprint density at radius 1 is 0.833 bits per heavy atom. The van der Waals surface area contributed by atoms with Crippen molar-refractivity contribution in [2.75, 3.05) is 18.9 Å². The van der Waals surface area contributed by atoms with Crippen LogP contribution in [-0.4, -0.2) is 36.0 Å². The molecule has 0 unspecified atom stereocenters. The fourth-order valence-corrected chi connectivity index (χ4v) is 3.76. The Morgan fingerprint density at radius 2 is 1.43 bits per heavy atom. The molecular formula is C25H22N2O3. The summed E-state index contributed by atoms with van der Waals surface area (Å²) in [6, 6.07) is 19.7. The normalized spacial score (nSPS) is 12.5. The van der Waals surface area contributed by atoms with E-state index in [-0.39, 0.29) is 24.0 Å². The molecule has 1 amide bonds. The van der Waals surface area contributed by atoms with E-state index in [1.54, 1.807) is 42.5 Å². The number of likely N-dealkylation sites (N-methyl/N-ethyl adjacent to an activating group) is 1. The van der Waals surface area contributed by atoms with E-state index in [1.807, 2.05) is 43.1 Å². The molecule has 0 heterocycles. The molecule has 5 nitrogen and oxygen atoms in total. The lowest BCUT2D eigenvalue weighted by Gasteiger charge is -2.19. The number of carbonyl (C=O) groups is 3. The van der Waals surface area contributed by atoms with Crippen molar-refractivity contribution < 1.29 is 14.4 Å². The van der Waals surface area contributed by atoms with Crippen molar-refractivity contribution in [2.45, 2.75) is 13.5 Å². The van der Waals surface area contributed by atoms with E-state index in [0.717, 1.165) is 0 Å². The van der Waals surface area contributed by atoms with Gasteiger partial charge in [0.1, 0.15) is 0 Å². The second kappa shape index (κ2) is 8.05. The first-order chi connectivity index (χ1) is 14.4. The third-order valence-corrected chi connectivity index (χ3v) is 5.32. The highest BCUT2D eigenvalue weighted by molar-refractivity contribution is 6.28. The quantitative estimate of drug-likeness (QED) is 0.555. The van der Waals surface area contributed by atoms with E-state index >= 15 is 0 Å². The monoisotopic (exact) mass is 398 g/mol. The van der Waals surface area contributed by atoms with Crippen LogP contribution in [0.5, 0.6) is 0 Å². The lowest BCUT2D eigenvalue weighted by Crippen LogP contribution is -2.30. The number of rotatable bonds is 5. The number of ketones is 2. The van der Waals surface area contributed by atoms with Gasteiger partial charge in [-0.05, 0) is 43.3 Å². The molecule has 0 atom stereocenters. The molecule has 1 N–H and O–H groups in total. The van der Waals surface area contributed by atoms with Crippen molar-refractivity contribution in [3.8, 4) is 0 Å². The molecule has 3 aromatic carbocycles. The Morgan fingerprint density at radius 3 is 2.13 bits per heavy atom. The SMILES string of the molecule is Cc1ccccc1CN(C)CC(=O)Nc1ccc2c(c1)C(=O)c1ccccc1C2=O. The molecule has 5 heteroatoms. The minimum Gasteiger partial charge on any atom is -0.325 e. The van der Waals surface area contributed by atoms with Crippen molar-refractivity contribution in [1.82, 2.24) is 4.90 Å². The smallest absolute Gasteiger partial charge is 0.238 e. The number of aryl methyl sites for hydroxylation is 1. The zero-order valence-corrected chi connectivity index (χ0v) is 16.9. The number of fused-ring (bicyclic) bond motifs is 2. The number of hydrogen-bond donors (Lipinski definition) is 1. The fraction of sp³-hybridized carbons (Fsp3) is 0.160. The van der Waals surface area contributed by atoms with Gasteiger partial charge < -0.3 is 5.32 Å². The van der Waals surface area contributed by atoms with Gasteiger partial charge >= 0.3 is 0 Å². The highest BCUT2D eigenvalue weighted by Gasteiger charge is 2.29. The van der Waals surface area contributed by atoms with Gasteiger partial charge in [-0.1, -0.05) is 48.5 Å². The zero-order chi connectivity index (χ0) is 21.3. The summed E-state index contributed by atoms with van der Waals surface area (Å²) in [5.74, 6) is -0.551. The Kier molecular flexibility index (Phi) is 5.29. The van der Waals surface area contributed by atoms with Crippen molar-refractivity contribution in [3.05, 3.63) is 100 Å². The molecular weight excluding hydrogens is 376 g/mol. The van der Waals surface area contributed by atoms with Gasteiger partial charge in [0.15, 0.2) is 11.6 Å². The van der Waals surface area contributed by atoms with Crippen LogP contribution in [0.25, 0.3) is 0 Å². The summed E-state index contributed by atoms with van der Waals surface area (Å²) < 4.78 is 0. The standard InChI is InChI=1S/C25H22N2O3/c1-16-7-3-4-8-17(16)14-27(2)15-23(28)26-18-11-12-21-22(13-18)25(30)20-10-6-5-9-19(20)24(21)29/h3-13H,14-15H2,1-2H3,(H,26,28). The average molecular weight is 398 g/mol. The summed E-state index contributed by atoms with van der Waals surface area (Å²) in [6.07, 6.45) is 0. The maximum absolute atomic E-state index is 12.8. The first-order valence-corrected chi connectivity index (χ1v) is 9.79. The van der Waals surface area contributed by atoms with Gasteiger partial charge in [-0.2, -0.15) is 0 Å². The molecule has 150 valence electrons. The molecule has 0 spiro atoms. The molecule has 0 radical (unpaired) electrons. The van der Waals surface area contributed by atoms with Crippen LogP contribution in [0.2, 0.25) is 0 Å². The van der Waals surface area contributed by atoms with Gasteiger partial charge in [0, 0.05) is 34.5 Å². The lowest BCUT2D eigenvalue weighted by molar-refractivity contribution is -0.117. The molecule has 0 saturated heterocycles. The fourth-order valence-electron chi connectivity index (χ4n) is 3.76. The van der Waals surface area contributed by atoms with Crippen LogP contribution in [-0.2, 0) is 11.3 Å². The van der Waals surface area contributed by atoms with Crippen LogP contribution in [0.15, 0.2) is 66.7 Å². The van der Waals surface area contributed by atoms with Crippen molar-refractivity contribution >= 4 is 23.2 Å². The molecule has 0 aromatic heterocycles. The minimum atomic E-state index is -0.201. The molecule has 1 aliphatic rings. The first kappa shape index (κ1) is 19.7. The topological polar surface area (TPSA) is 66.5 Å². The number of anilines is 1. The van der Waals surface area contributed by atoms with E-state index in [2.05, 4.69) is 5.32 Å². The molecule has 4 rings (SSSR count). The number of hydrogen-bond acceptors (Lipinski definition) is 4. The molecule has 0 fully saturated rings. The molecule has 30 heavy (non-hydrogen) atoms. The second-order valence-corrected chi connectivity index (χ2v) is 7.61. The van der Waals surface area contributed by atoms with Gasteiger partial charge in [0.25, 0.3) is 0 Å². The molecule has 3 aromatic rings. The van der Waals surface area contributed by atoms with Gasteiger partial charge in [-0.15, -0.1) is 0 Å². The van der Waals surface area contributed by atoms with Crippen molar-refractivity contribution in [1.29, 1.82) is 0 Å². The lowest BCUT2D eigenvalue weighted by atomic mass is 9.84. The second-order valence-electron chi connectivity index (χ2n) is 7.61. The summed E-state index contributed by atoms with van der Waals surface area (Å²) in [6.45, 7) is 2.92. The highest BCUT2D eigenvalue weighted by atomic mass is 16.2. The van der Waals surface area contributed by atoms with Gasteiger partial charge in [-0.25, -0.2) is 0 Å². The largest absolute Gasteiger partial charge is 0.325 e. The Labute approximate surface area is 175 Å². The van der Waals surface area contributed by atoms with Crippen LogP contribution in [0, 0.1) is 6.92 Å². The van der Waals surface area contributed by atoms with Crippen molar-refractivity contribution in [3.63, 3.8) is 0 Å². The maximum Gasteiger partial charge on any atom is 0.238 e. The number of carbonyl (C=O) groups excluding carboxylic acids is 3. The van der Waals surface area contributed by atoms with E-state index in [9.17, 15) is 14.4 Å². The molecule has 0 bridgehead atoms. The number of nitrogens with one attached hydrogen (secondary N) is 1. The van der Waals surface area contributed by atoms with Gasteiger partial charge in [0.2, 0.25) is 5.91 Å². The maximum atomic E-state index is 12.8. The van der Waals surface area contributed by atoms with E-state index in [4.69, 9.17) is 0 Å². The summed E-state index contributed by atoms with van der Waals surface area (Å²) in [5.41, 5.74) is 4.37. The van der Waals surface area contributed by atoms with Gasteiger partial charge in [-0.3, -0.25) is 19.3 Å². The predicted octanol–water partition coefficient (Wildman–Crippen LogP) is 3.84. The highest BCUT2D eigenvalue weighted by Crippen LogP contribution is 2.29. The Bertz CT molecular complexity index is 1170. The van der Waals surface area contributed by atoms with Crippen molar-refractivity contribution in [2.24, 2.45) is 0 Å². The molecule has 1 aliphatic carbocycles. The van der Waals surface area contributed by atoms with E-state index in [1.165, 1.54) is 11.1 Å². The van der Waals surface area contributed by atoms with Crippen LogP contribution in [0.4, 0.5) is 5.69 Å². The molecule has 0 saturated carbocycles. The number of nitrogens with zero attached hydrogens (tertiary/aromatic N) is 1. The van der Waals surface area contributed by atoms with E-state index < -0.39 is 0 Å². The molecule has 0 aliphatic heterocycles. The average Bonchev–Trinajstić information content (AvgIpc) is 2.73. The van der Waals surface area contributed by atoms with Crippen LogP contribution >= 0.6 is 0 Å². The van der Waals surface area contributed by atoms with Gasteiger partial charge in [0.05, 0.1) is 6.54 Å². The Balaban J connectivity index is 1.47. The van der Waals surface area contributed by atoms with E-state index in [0.29, 0.717) is 34.5 Å². The number of amides is 1. The zero-order valence-electron chi connectivity index (χ0n) is 16.9. The predicted molar refractivity (Wildman–Crippen MR) is 116 cm³/mol. The summed E-state index contributed by atoms with van der Waals surface area (Å²) in [5, 5.41) is 2.84. The Hall–Kier alpha value is -3.57. The van der Waals surface area contributed by atoms with Crippen LogP contribution in [0.3, 0.4) is 0 Å². The van der Waals surface area contributed by atoms with Crippen LogP contribution < -0.4 is 5.32 Å². The summed E-state index contributed by atoms with van der Waals surface area (Å²) in [7, 11) is 1.89. The number of benzene rings is 3. The minimum absolute atomic E-state index is 0.170. The summed E-state index contributed by atoms with van der Waals surface area (Å²) >= 11 is 0.